The fraction of sp³-hybridized carbons (Fsp3) is 0.500. The molecule has 9 nitrogen and oxygen atoms in total. The molecule has 0 N–H and O–H groups in total. The Morgan fingerprint density at radius 2 is 0.919 bits per heavy atom. The molecule has 2 aromatic carbocycles. The maximum absolute atomic E-state index is 13.2. The molecule has 2 unspecified atom stereocenters. The molecule has 0 spiro atoms. The van der Waals surface area contributed by atoms with Crippen LogP contribution in [0, 0.1) is 13.8 Å². The molecule has 0 fully saturated rings. The van der Waals surface area contributed by atoms with Crippen molar-refractivity contribution in [2.24, 2.45) is 0 Å². The van der Waals surface area contributed by atoms with Gasteiger partial charge < -0.3 is 14.2 Å². The Balaban J connectivity index is 1.60. The summed E-state index contributed by atoms with van der Waals surface area (Å²) in [6.07, 6.45) is -2.60. The smallest absolute Gasteiger partial charge is 0.297 e. The molecule has 2 rings (SSSR count). The van der Waals surface area contributed by atoms with E-state index in [0.29, 0.717) is 0 Å². The SMILES string of the molecule is Cc1ccc(S(=O)(=O)OC(CF)COCCOCCOCC(CF)OS(=O)(=O)c2ccc(C)cc2)cc1. The van der Waals surface area contributed by atoms with Gasteiger partial charge in [-0.3, -0.25) is 8.37 Å². The number of halogens is 2. The van der Waals surface area contributed by atoms with E-state index < -0.39 is 45.8 Å². The third-order valence-electron chi connectivity index (χ3n) is 4.84. The highest BCUT2D eigenvalue weighted by atomic mass is 32.2. The minimum Gasteiger partial charge on any atom is -0.377 e. The molecule has 0 saturated carbocycles. The van der Waals surface area contributed by atoms with Crippen LogP contribution < -0.4 is 0 Å². The molecule has 208 valence electrons. The first-order chi connectivity index (χ1) is 17.6. The quantitative estimate of drug-likeness (QED) is 0.198. The third-order valence-corrected chi connectivity index (χ3v) is 7.59. The lowest BCUT2D eigenvalue weighted by Gasteiger charge is -2.15. The fourth-order valence-electron chi connectivity index (χ4n) is 2.84. The van der Waals surface area contributed by atoms with E-state index >= 15 is 0 Å². The van der Waals surface area contributed by atoms with Crippen molar-refractivity contribution >= 4 is 20.2 Å². The molecule has 13 heteroatoms. The topological polar surface area (TPSA) is 114 Å². The molecule has 0 amide bonds. The zero-order valence-corrected chi connectivity index (χ0v) is 22.3. The average molecular weight is 567 g/mol. The van der Waals surface area contributed by atoms with Crippen molar-refractivity contribution in [3.05, 3.63) is 59.7 Å². The molecule has 0 saturated heterocycles. The van der Waals surface area contributed by atoms with Crippen LogP contribution in [0.2, 0.25) is 0 Å². The molecule has 2 atom stereocenters. The summed E-state index contributed by atoms with van der Waals surface area (Å²) >= 11 is 0. The minimum absolute atomic E-state index is 0.0372. The first-order valence-electron chi connectivity index (χ1n) is 11.4. The Morgan fingerprint density at radius 1 is 0.595 bits per heavy atom. The molecule has 0 aromatic heterocycles. The molecule has 0 bridgehead atoms. The number of rotatable bonds is 18. The van der Waals surface area contributed by atoms with Gasteiger partial charge in [0.1, 0.15) is 25.6 Å². The monoisotopic (exact) mass is 566 g/mol. The maximum Gasteiger partial charge on any atom is 0.297 e. The second kappa shape index (κ2) is 15.4. The van der Waals surface area contributed by atoms with Crippen molar-refractivity contribution in [2.45, 2.75) is 35.8 Å². The highest BCUT2D eigenvalue weighted by molar-refractivity contribution is 7.87. The van der Waals surface area contributed by atoms with Crippen LogP contribution in [0.5, 0.6) is 0 Å². The first kappa shape index (κ1) is 31.2. The Morgan fingerprint density at radius 3 is 1.24 bits per heavy atom. The van der Waals surface area contributed by atoms with Gasteiger partial charge in [-0.25, -0.2) is 8.78 Å². The first-order valence-corrected chi connectivity index (χ1v) is 14.2. The molecule has 37 heavy (non-hydrogen) atoms. The van der Waals surface area contributed by atoms with Crippen molar-refractivity contribution in [1.82, 2.24) is 0 Å². The van der Waals surface area contributed by atoms with Crippen LogP contribution in [0.3, 0.4) is 0 Å². The largest absolute Gasteiger partial charge is 0.377 e. The fourth-order valence-corrected chi connectivity index (χ4v) is 4.93. The van der Waals surface area contributed by atoms with E-state index in [0.717, 1.165) is 11.1 Å². The van der Waals surface area contributed by atoms with Crippen molar-refractivity contribution in [2.75, 3.05) is 53.0 Å². The van der Waals surface area contributed by atoms with E-state index in [-0.39, 0.29) is 49.4 Å². The molecule has 2 aromatic rings. The molecular weight excluding hydrogens is 534 g/mol. The van der Waals surface area contributed by atoms with Crippen molar-refractivity contribution in [1.29, 1.82) is 0 Å². The molecule has 0 aliphatic heterocycles. The van der Waals surface area contributed by atoms with Crippen molar-refractivity contribution in [3.63, 3.8) is 0 Å². The van der Waals surface area contributed by atoms with Gasteiger partial charge in [0.25, 0.3) is 20.2 Å². The summed E-state index contributed by atoms with van der Waals surface area (Å²) in [5, 5.41) is 0. The van der Waals surface area contributed by atoms with E-state index in [4.69, 9.17) is 22.6 Å². The summed E-state index contributed by atoms with van der Waals surface area (Å²) in [5.41, 5.74) is 1.74. The second-order valence-electron chi connectivity index (χ2n) is 8.04. The van der Waals surface area contributed by atoms with Gasteiger partial charge in [0.2, 0.25) is 0 Å². The normalized spacial score (nSPS) is 13.9. The van der Waals surface area contributed by atoms with E-state index in [1.54, 1.807) is 38.1 Å². The lowest BCUT2D eigenvalue weighted by atomic mass is 10.2. The van der Waals surface area contributed by atoms with Gasteiger partial charge in [-0.2, -0.15) is 16.8 Å². The van der Waals surface area contributed by atoms with E-state index in [1.165, 1.54) is 24.3 Å². The predicted molar refractivity (Wildman–Crippen MR) is 131 cm³/mol. The van der Waals surface area contributed by atoms with E-state index in [9.17, 15) is 25.6 Å². The third kappa shape index (κ3) is 11.1. The Kier molecular flexibility index (Phi) is 13.0. The highest BCUT2D eigenvalue weighted by Gasteiger charge is 2.23. The second-order valence-corrected chi connectivity index (χ2v) is 11.2. The summed E-state index contributed by atoms with van der Waals surface area (Å²) in [5.74, 6) is 0. The standard InChI is InChI=1S/C24H32F2O9S2/c1-19-3-7-23(8-4-19)36(27,28)34-21(15-25)17-32-13-11-31-12-14-33-18-22(16-26)35-37(29,30)24-9-5-20(2)6-10-24/h3-10,21-22H,11-18H2,1-2H3. The van der Waals surface area contributed by atoms with Gasteiger partial charge in [0.05, 0.1) is 49.4 Å². The molecule has 0 radical (unpaired) electrons. The summed E-state index contributed by atoms with van der Waals surface area (Å²) in [4.78, 5) is -0.152. The maximum atomic E-state index is 13.2. The van der Waals surface area contributed by atoms with Crippen molar-refractivity contribution < 1.29 is 48.2 Å². The van der Waals surface area contributed by atoms with Crippen LogP contribution in [-0.2, 0) is 42.8 Å². The Bertz CT molecular complexity index is 1050. The predicted octanol–water partition coefficient (Wildman–Crippen LogP) is 3.14. The van der Waals surface area contributed by atoms with Crippen molar-refractivity contribution in [3.8, 4) is 0 Å². The zero-order chi connectivity index (χ0) is 27.3. The number of aryl methyl sites for hydroxylation is 2. The van der Waals surface area contributed by atoms with Crippen LogP contribution in [0.4, 0.5) is 8.78 Å². The minimum atomic E-state index is -4.13. The molecule has 0 aliphatic carbocycles. The number of benzene rings is 2. The van der Waals surface area contributed by atoms with Crippen LogP contribution in [0.15, 0.2) is 58.3 Å². The van der Waals surface area contributed by atoms with Crippen LogP contribution in [0.1, 0.15) is 11.1 Å². The lowest BCUT2D eigenvalue weighted by molar-refractivity contribution is -0.0185. The Labute approximate surface area is 216 Å². The number of alkyl halides is 2. The molecule has 0 heterocycles. The van der Waals surface area contributed by atoms with Gasteiger partial charge in [0.15, 0.2) is 0 Å². The molecule has 0 aliphatic rings. The summed E-state index contributed by atoms with van der Waals surface area (Å²) in [6, 6.07) is 11.9. The van der Waals surface area contributed by atoms with Gasteiger partial charge in [-0.1, -0.05) is 35.4 Å². The molecular formula is C24H32F2O9S2. The van der Waals surface area contributed by atoms with E-state index in [2.05, 4.69) is 0 Å². The van der Waals surface area contributed by atoms with Crippen LogP contribution >= 0.6 is 0 Å². The van der Waals surface area contributed by atoms with Gasteiger partial charge in [-0.05, 0) is 38.1 Å². The van der Waals surface area contributed by atoms with Gasteiger partial charge in [0, 0.05) is 0 Å². The summed E-state index contributed by atoms with van der Waals surface area (Å²) < 4.78 is 101. The number of ether oxygens (including phenoxy) is 3. The highest BCUT2D eigenvalue weighted by Crippen LogP contribution is 2.17. The number of hydrogen-bond donors (Lipinski definition) is 0. The summed E-state index contributed by atoms with van der Waals surface area (Å²) in [7, 11) is -8.25. The van der Waals surface area contributed by atoms with Crippen LogP contribution in [-0.4, -0.2) is 82.0 Å². The average Bonchev–Trinajstić information content (AvgIpc) is 2.86. The summed E-state index contributed by atoms with van der Waals surface area (Å²) in [6.45, 7) is 1.16. The Hall–Kier alpha value is -2.00. The van der Waals surface area contributed by atoms with Gasteiger partial charge >= 0.3 is 0 Å². The van der Waals surface area contributed by atoms with Crippen LogP contribution in [0.25, 0.3) is 0 Å². The van der Waals surface area contributed by atoms with E-state index in [1.807, 2.05) is 0 Å². The zero-order valence-electron chi connectivity index (χ0n) is 20.7. The van der Waals surface area contributed by atoms with Gasteiger partial charge in [-0.15, -0.1) is 0 Å². The number of hydrogen-bond acceptors (Lipinski definition) is 9. The lowest BCUT2D eigenvalue weighted by Crippen LogP contribution is -2.27.